The van der Waals surface area contributed by atoms with E-state index >= 15 is 0 Å². The van der Waals surface area contributed by atoms with Gasteiger partial charge in [-0.2, -0.15) is 0 Å². The number of benzene rings is 2. The summed E-state index contributed by atoms with van der Waals surface area (Å²) in [6, 6.07) is 12.9. The molecule has 0 spiro atoms. The number of halogens is 1. The van der Waals surface area contributed by atoms with E-state index in [4.69, 9.17) is 0 Å². The highest BCUT2D eigenvalue weighted by atomic mass is 19.1. The van der Waals surface area contributed by atoms with Crippen LogP contribution in [-0.4, -0.2) is 30.4 Å². The van der Waals surface area contributed by atoms with Crippen molar-refractivity contribution in [3.63, 3.8) is 0 Å². The Hall–Kier alpha value is -2.20. The highest BCUT2D eigenvalue weighted by Crippen LogP contribution is 2.26. The molecule has 3 rings (SSSR count). The van der Waals surface area contributed by atoms with Gasteiger partial charge in [-0.1, -0.05) is 42.0 Å². The van der Waals surface area contributed by atoms with Crippen LogP contribution >= 0.6 is 0 Å². The van der Waals surface area contributed by atoms with Crippen molar-refractivity contribution in [1.82, 2.24) is 10.2 Å². The van der Waals surface area contributed by atoms with Gasteiger partial charge in [-0.05, 0) is 57.0 Å². The average molecular weight is 354 g/mol. The smallest absolute Gasteiger partial charge is 0.224 e. The molecule has 0 aliphatic carbocycles. The van der Waals surface area contributed by atoms with Crippen LogP contribution in [0.4, 0.5) is 4.39 Å². The number of nitrogens with zero attached hydrogens (tertiary/aromatic N) is 1. The lowest BCUT2D eigenvalue weighted by atomic mass is 10.0. The number of aryl methyl sites for hydroxylation is 2. The van der Waals surface area contributed by atoms with Crippen LogP contribution in [0.2, 0.25) is 0 Å². The summed E-state index contributed by atoms with van der Waals surface area (Å²) < 4.78 is 14.3. The van der Waals surface area contributed by atoms with Gasteiger partial charge in [0.25, 0.3) is 0 Å². The van der Waals surface area contributed by atoms with Gasteiger partial charge in [-0.3, -0.25) is 9.69 Å². The van der Waals surface area contributed by atoms with Gasteiger partial charge >= 0.3 is 0 Å². The van der Waals surface area contributed by atoms with Crippen molar-refractivity contribution in [3.8, 4) is 0 Å². The standard InChI is InChI=1S/C22H27FN2O/c1-16-9-10-17(2)18(13-16)14-22(26)24-15-21(25-11-5-6-12-25)19-7-3-4-8-20(19)23/h3-4,7-10,13,21H,5-6,11-12,14-15H2,1-2H3,(H,24,26). The second kappa shape index (κ2) is 8.45. The lowest BCUT2D eigenvalue weighted by molar-refractivity contribution is -0.120. The highest BCUT2D eigenvalue weighted by molar-refractivity contribution is 5.79. The van der Waals surface area contributed by atoms with Crippen molar-refractivity contribution in [3.05, 3.63) is 70.5 Å². The molecule has 1 N–H and O–H groups in total. The SMILES string of the molecule is Cc1ccc(C)c(CC(=O)NCC(c2ccccc2F)N2CCCC2)c1. The first-order valence-corrected chi connectivity index (χ1v) is 9.36. The number of hydrogen-bond donors (Lipinski definition) is 1. The maximum absolute atomic E-state index is 14.3. The Morgan fingerprint density at radius 1 is 1.15 bits per heavy atom. The number of carbonyl (C=O) groups excluding carboxylic acids is 1. The van der Waals surface area contributed by atoms with Gasteiger partial charge in [0.1, 0.15) is 5.82 Å². The number of nitrogens with one attached hydrogen (secondary N) is 1. The van der Waals surface area contributed by atoms with Crippen molar-refractivity contribution in [2.75, 3.05) is 19.6 Å². The molecule has 1 aliphatic heterocycles. The van der Waals surface area contributed by atoms with E-state index < -0.39 is 0 Å². The van der Waals surface area contributed by atoms with Crippen LogP contribution in [0.25, 0.3) is 0 Å². The number of hydrogen-bond acceptors (Lipinski definition) is 2. The number of likely N-dealkylation sites (tertiary alicyclic amines) is 1. The molecule has 1 atom stereocenters. The fraction of sp³-hybridized carbons (Fsp3) is 0.409. The molecule has 1 fully saturated rings. The molecule has 0 saturated carbocycles. The number of rotatable bonds is 6. The van der Waals surface area contributed by atoms with Crippen LogP contribution in [0, 0.1) is 19.7 Å². The van der Waals surface area contributed by atoms with Crippen molar-refractivity contribution in [1.29, 1.82) is 0 Å². The molecular weight excluding hydrogens is 327 g/mol. The van der Waals surface area contributed by atoms with Gasteiger partial charge in [0.2, 0.25) is 5.91 Å². The Morgan fingerprint density at radius 2 is 1.88 bits per heavy atom. The van der Waals surface area contributed by atoms with Crippen LogP contribution in [-0.2, 0) is 11.2 Å². The van der Waals surface area contributed by atoms with Gasteiger partial charge in [-0.25, -0.2) is 4.39 Å². The summed E-state index contributed by atoms with van der Waals surface area (Å²) in [6.45, 7) is 6.39. The van der Waals surface area contributed by atoms with Gasteiger partial charge in [0.05, 0.1) is 12.5 Å². The monoisotopic (exact) mass is 354 g/mol. The van der Waals surface area contributed by atoms with Gasteiger partial charge in [0, 0.05) is 12.1 Å². The minimum atomic E-state index is -0.201. The lowest BCUT2D eigenvalue weighted by Gasteiger charge is -2.28. The molecule has 138 valence electrons. The average Bonchev–Trinajstić information content (AvgIpc) is 3.14. The first-order valence-electron chi connectivity index (χ1n) is 9.36. The molecule has 1 heterocycles. The molecule has 0 bridgehead atoms. The van der Waals surface area contributed by atoms with Crippen molar-refractivity contribution >= 4 is 5.91 Å². The summed E-state index contributed by atoms with van der Waals surface area (Å²) >= 11 is 0. The first-order chi connectivity index (χ1) is 12.5. The molecule has 1 unspecified atom stereocenters. The Kier molecular flexibility index (Phi) is 6.04. The Morgan fingerprint density at radius 3 is 2.62 bits per heavy atom. The summed E-state index contributed by atoms with van der Waals surface area (Å²) in [6.07, 6.45) is 2.61. The second-order valence-corrected chi connectivity index (χ2v) is 7.19. The molecule has 0 radical (unpaired) electrons. The van der Waals surface area contributed by atoms with Crippen LogP contribution in [0.1, 0.15) is 41.1 Å². The van der Waals surface area contributed by atoms with Crippen LogP contribution < -0.4 is 5.32 Å². The molecule has 2 aromatic carbocycles. The van der Waals surface area contributed by atoms with Gasteiger partial charge in [-0.15, -0.1) is 0 Å². The van der Waals surface area contributed by atoms with E-state index in [9.17, 15) is 9.18 Å². The second-order valence-electron chi connectivity index (χ2n) is 7.19. The van der Waals surface area contributed by atoms with Crippen molar-refractivity contribution in [2.24, 2.45) is 0 Å². The first kappa shape index (κ1) is 18.6. The van der Waals surface area contributed by atoms with Crippen molar-refractivity contribution in [2.45, 2.75) is 39.2 Å². The zero-order valence-electron chi connectivity index (χ0n) is 15.6. The Labute approximate surface area is 155 Å². The van der Waals surface area contributed by atoms with E-state index in [2.05, 4.69) is 22.3 Å². The molecular formula is C22H27FN2O. The third kappa shape index (κ3) is 4.50. The number of amides is 1. The normalized spacial score (nSPS) is 15.8. The quantitative estimate of drug-likeness (QED) is 0.852. The third-order valence-corrected chi connectivity index (χ3v) is 5.19. The Bertz CT molecular complexity index is 768. The summed E-state index contributed by atoms with van der Waals surface area (Å²) in [4.78, 5) is 14.8. The van der Waals surface area contributed by atoms with Crippen LogP contribution in [0.5, 0.6) is 0 Å². The fourth-order valence-corrected chi connectivity index (χ4v) is 3.67. The number of carbonyl (C=O) groups is 1. The third-order valence-electron chi connectivity index (χ3n) is 5.19. The highest BCUT2D eigenvalue weighted by Gasteiger charge is 2.26. The van der Waals surface area contributed by atoms with Crippen LogP contribution in [0.15, 0.2) is 42.5 Å². The van der Waals surface area contributed by atoms with Gasteiger partial charge in [0.15, 0.2) is 0 Å². The van der Waals surface area contributed by atoms with Gasteiger partial charge < -0.3 is 5.32 Å². The molecule has 1 aliphatic rings. The summed E-state index contributed by atoms with van der Waals surface area (Å²) in [7, 11) is 0. The molecule has 26 heavy (non-hydrogen) atoms. The lowest BCUT2D eigenvalue weighted by Crippen LogP contribution is -2.37. The molecule has 2 aromatic rings. The molecule has 3 nitrogen and oxygen atoms in total. The molecule has 1 saturated heterocycles. The van der Waals surface area contributed by atoms with Crippen molar-refractivity contribution < 1.29 is 9.18 Å². The minimum Gasteiger partial charge on any atom is -0.354 e. The maximum Gasteiger partial charge on any atom is 0.224 e. The van der Waals surface area contributed by atoms with Crippen LogP contribution in [0.3, 0.4) is 0 Å². The Balaban J connectivity index is 1.68. The van der Waals surface area contributed by atoms with E-state index in [-0.39, 0.29) is 17.8 Å². The predicted octanol–water partition coefficient (Wildman–Crippen LogP) is 3.94. The predicted molar refractivity (Wildman–Crippen MR) is 103 cm³/mol. The van der Waals surface area contributed by atoms with E-state index in [0.29, 0.717) is 18.5 Å². The topological polar surface area (TPSA) is 32.3 Å². The molecule has 4 heteroatoms. The van der Waals surface area contributed by atoms with E-state index in [1.165, 1.54) is 6.07 Å². The van der Waals surface area contributed by atoms with E-state index in [1.54, 1.807) is 6.07 Å². The van der Waals surface area contributed by atoms with E-state index in [0.717, 1.165) is 42.6 Å². The summed E-state index contributed by atoms with van der Waals surface area (Å²) in [5.74, 6) is -0.215. The fourth-order valence-electron chi connectivity index (χ4n) is 3.67. The maximum atomic E-state index is 14.3. The summed E-state index contributed by atoms with van der Waals surface area (Å²) in [5.41, 5.74) is 3.99. The zero-order valence-corrected chi connectivity index (χ0v) is 15.6. The molecule has 1 amide bonds. The minimum absolute atomic E-state index is 0.0146. The molecule has 0 aromatic heterocycles. The van der Waals surface area contributed by atoms with E-state index in [1.807, 2.05) is 32.0 Å². The largest absolute Gasteiger partial charge is 0.354 e. The zero-order chi connectivity index (χ0) is 18.5. The summed E-state index contributed by atoms with van der Waals surface area (Å²) in [5, 5.41) is 3.03.